The Morgan fingerprint density at radius 1 is 1.12 bits per heavy atom. The van der Waals surface area contributed by atoms with Crippen molar-refractivity contribution in [3.63, 3.8) is 0 Å². The second kappa shape index (κ2) is 7.31. The van der Waals surface area contributed by atoms with E-state index in [1.54, 1.807) is 18.2 Å². The Hall–Kier alpha value is -2.93. The second-order valence-electron chi connectivity index (χ2n) is 5.31. The van der Waals surface area contributed by atoms with Gasteiger partial charge < -0.3 is 10.4 Å². The van der Waals surface area contributed by atoms with Gasteiger partial charge >= 0.3 is 5.97 Å². The number of carboxylic acids is 1. The molecule has 25 heavy (non-hydrogen) atoms. The van der Waals surface area contributed by atoms with E-state index in [2.05, 4.69) is 15.3 Å². The van der Waals surface area contributed by atoms with E-state index in [1.807, 2.05) is 30.3 Å². The zero-order valence-electron chi connectivity index (χ0n) is 13.4. The predicted molar refractivity (Wildman–Crippen MR) is 97.6 cm³/mol. The molecule has 0 bridgehead atoms. The van der Waals surface area contributed by atoms with Gasteiger partial charge in [-0.15, -0.1) is 0 Å². The Morgan fingerprint density at radius 2 is 1.92 bits per heavy atom. The molecule has 0 aliphatic rings. The van der Waals surface area contributed by atoms with Crippen molar-refractivity contribution in [2.45, 2.75) is 11.9 Å². The van der Waals surface area contributed by atoms with Gasteiger partial charge in [0.15, 0.2) is 5.78 Å². The first-order valence-corrected chi connectivity index (χ1v) is 8.51. The van der Waals surface area contributed by atoms with Crippen molar-refractivity contribution < 1.29 is 14.7 Å². The number of Topliss-reactive ketones (excluding diaryl/α,β-unsaturated/α-hetero) is 1. The summed E-state index contributed by atoms with van der Waals surface area (Å²) in [4.78, 5) is 31.3. The fourth-order valence-electron chi connectivity index (χ4n) is 2.29. The summed E-state index contributed by atoms with van der Waals surface area (Å²) in [5, 5.41) is 13.4. The van der Waals surface area contributed by atoms with Gasteiger partial charge in [-0.25, -0.2) is 9.97 Å². The van der Waals surface area contributed by atoms with E-state index in [-0.39, 0.29) is 11.5 Å². The van der Waals surface area contributed by atoms with Crippen molar-refractivity contribution in [1.82, 2.24) is 9.97 Å². The molecule has 6 nitrogen and oxygen atoms in total. The lowest BCUT2D eigenvalue weighted by molar-refractivity contribution is -0.133. The van der Waals surface area contributed by atoms with Crippen LogP contribution in [0, 0.1) is 0 Å². The van der Waals surface area contributed by atoms with Gasteiger partial charge in [0, 0.05) is 16.6 Å². The summed E-state index contributed by atoms with van der Waals surface area (Å²) in [5.41, 5.74) is 2.00. The summed E-state index contributed by atoms with van der Waals surface area (Å²) >= 11 is 1.15. The van der Waals surface area contributed by atoms with Crippen molar-refractivity contribution in [2.75, 3.05) is 11.1 Å². The van der Waals surface area contributed by atoms with Crippen molar-refractivity contribution in [1.29, 1.82) is 0 Å². The molecule has 0 saturated heterocycles. The van der Waals surface area contributed by atoms with Crippen LogP contribution in [0.25, 0.3) is 10.9 Å². The van der Waals surface area contributed by atoms with Gasteiger partial charge in [0.1, 0.15) is 5.03 Å². The molecular formula is C18H15N3O3S. The SMILES string of the molecule is CC(=O)c1cccc(Nc2nc(SCC(=O)O)c3ccccc3n2)c1. The van der Waals surface area contributed by atoms with Crippen molar-refractivity contribution in [2.24, 2.45) is 0 Å². The van der Waals surface area contributed by atoms with Crippen LogP contribution < -0.4 is 5.32 Å². The molecule has 126 valence electrons. The van der Waals surface area contributed by atoms with Gasteiger partial charge in [-0.1, -0.05) is 42.1 Å². The number of nitrogens with one attached hydrogen (secondary N) is 1. The van der Waals surface area contributed by atoms with E-state index in [1.165, 1.54) is 6.92 Å². The lowest BCUT2D eigenvalue weighted by Crippen LogP contribution is -2.02. The van der Waals surface area contributed by atoms with Crippen molar-refractivity contribution >= 4 is 46.1 Å². The highest BCUT2D eigenvalue weighted by atomic mass is 32.2. The van der Waals surface area contributed by atoms with Crippen LogP contribution in [-0.4, -0.2) is 32.6 Å². The topological polar surface area (TPSA) is 92.2 Å². The molecule has 1 aromatic heterocycles. The third-order valence-corrected chi connectivity index (χ3v) is 4.40. The highest BCUT2D eigenvalue weighted by molar-refractivity contribution is 8.00. The predicted octanol–water partition coefficient (Wildman–Crippen LogP) is 3.75. The van der Waals surface area contributed by atoms with Gasteiger partial charge in [0.2, 0.25) is 5.95 Å². The molecule has 0 atom stereocenters. The Bertz CT molecular complexity index is 959. The number of aromatic nitrogens is 2. The molecule has 1 heterocycles. The van der Waals surface area contributed by atoms with Crippen LogP contribution in [0.1, 0.15) is 17.3 Å². The summed E-state index contributed by atoms with van der Waals surface area (Å²) in [5.74, 6) is -0.662. The molecule has 0 radical (unpaired) electrons. The van der Waals surface area contributed by atoms with Crippen LogP contribution in [0.2, 0.25) is 0 Å². The highest BCUT2D eigenvalue weighted by Gasteiger charge is 2.10. The van der Waals surface area contributed by atoms with Crippen LogP contribution in [0.15, 0.2) is 53.6 Å². The number of fused-ring (bicyclic) bond motifs is 1. The summed E-state index contributed by atoms with van der Waals surface area (Å²) in [6.07, 6.45) is 0. The van der Waals surface area contributed by atoms with Crippen LogP contribution in [0.4, 0.5) is 11.6 Å². The fraction of sp³-hybridized carbons (Fsp3) is 0.111. The highest BCUT2D eigenvalue weighted by Crippen LogP contribution is 2.27. The number of carboxylic acid groups (broad SMARTS) is 1. The summed E-state index contributed by atoms with van der Waals surface area (Å²) in [7, 11) is 0. The zero-order valence-corrected chi connectivity index (χ0v) is 14.2. The van der Waals surface area contributed by atoms with Crippen molar-refractivity contribution in [3.05, 3.63) is 54.1 Å². The summed E-state index contributed by atoms with van der Waals surface area (Å²) in [6, 6.07) is 14.5. The molecule has 3 rings (SSSR count). The number of ketones is 1. The second-order valence-corrected chi connectivity index (χ2v) is 6.28. The number of carbonyl (C=O) groups is 2. The molecule has 2 N–H and O–H groups in total. The van der Waals surface area contributed by atoms with E-state index >= 15 is 0 Å². The molecule has 0 unspecified atom stereocenters. The molecule has 7 heteroatoms. The first-order chi connectivity index (χ1) is 12.0. The average Bonchev–Trinajstić information content (AvgIpc) is 2.59. The number of thioether (sulfide) groups is 1. The van der Waals surface area contributed by atoms with Crippen LogP contribution in [-0.2, 0) is 4.79 Å². The average molecular weight is 353 g/mol. The standard InChI is InChI=1S/C18H15N3O3S/c1-11(22)12-5-4-6-13(9-12)19-18-20-15-8-3-2-7-14(15)17(21-18)25-10-16(23)24/h2-9H,10H2,1H3,(H,23,24)(H,19,20,21). The number of hydrogen-bond donors (Lipinski definition) is 2. The molecule has 3 aromatic rings. The van der Waals surface area contributed by atoms with Gasteiger partial charge in [-0.2, -0.15) is 0 Å². The molecule has 0 fully saturated rings. The number of aliphatic carboxylic acids is 1. The van der Waals surface area contributed by atoms with E-state index in [0.717, 1.165) is 22.7 Å². The zero-order chi connectivity index (χ0) is 17.8. The maximum absolute atomic E-state index is 11.5. The van der Waals surface area contributed by atoms with Crippen molar-refractivity contribution in [3.8, 4) is 0 Å². The van der Waals surface area contributed by atoms with Gasteiger partial charge in [-0.3, -0.25) is 9.59 Å². The number of nitrogens with zero attached hydrogens (tertiary/aromatic N) is 2. The molecule has 0 saturated carbocycles. The number of rotatable bonds is 6. The Labute approximate surface area is 148 Å². The lowest BCUT2D eigenvalue weighted by Gasteiger charge is -2.10. The van der Waals surface area contributed by atoms with Crippen LogP contribution >= 0.6 is 11.8 Å². The maximum atomic E-state index is 11.5. The van der Waals surface area contributed by atoms with Gasteiger partial charge in [0.05, 0.1) is 11.3 Å². The summed E-state index contributed by atoms with van der Waals surface area (Å²) < 4.78 is 0. The van der Waals surface area contributed by atoms with E-state index < -0.39 is 5.97 Å². The minimum Gasteiger partial charge on any atom is -0.481 e. The van der Waals surface area contributed by atoms with Gasteiger partial charge in [-0.05, 0) is 25.1 Å². The Kier molecular flexibility index (Phi) is 4.95. The number of anilines is 2. The molecule has 0 spiro atoms. The van der Waals surface area contributed by atoms with E-state index in [0.29, 0.717) is 22.2 Å². The molecule has 2 aromatic carbocycles. The largest absolute Gasteiger partial charge is 0.481 e. The number of carbonyl (C=O) groups excluding carboxylic acids is 1. The van der Waals surface area contributed by atoms with E-state index in [9.17, 15) is 9.59 Å². The minimum absolute atomic E-state index is 0.0271. The third kappa shape index (κ3) is 4.13. The monoisotopic (exact) mass is 353 g/mol. The minimum atomic E-state index is -0.906. The van der Waals surface area contributed by atoms with Gasteiger partial charge in [0.25, 0.3) is 0 Å². The smallest absolute Gasteiger partial charge is 0.313 e. The fourth-order valence-corrected chi connectivity index (χ4v) is 3.03. The van der Waals surface area contributed by atoms with Crippen LogP contribution in [0.5, 0.6) is 0 Å². The molecule has 0 aliphatic heterocycles. The van der Waals surface area contributed by atoms with Crippen LogP contribution in [0.3, 0.4) is 0 Å². The normalized spacial score (nSPS) is 10.6. The summed E-state index contributed by atoms with van der Waals surface area (Å²) in [6.45, 7) is 1.51. The number of hydrogen-bond acceptors (Lipinski definition) is 6. The first kappa shape index (κ1) is 16.9. The first-order valence-electron chi connectivity index (χ1n) is 7.52. The van der Waals surface area contributed by atoms with E-state index in [4.69, 9.17) is 5.11 Å². The Balaban J connectivity index is 1.97. The quantitative estimate of drug-likeness (QED) is 0.396. The molecule has 0 aliphatic carbocycles. The third-order valence-electron chi connectivity index (χ3n) is 3.43. The lowest BCUT2D eigenvalue weighted by atomic mass is 10.1. The Morgan fingerprint density at radius 3 is 2.68 bits per heavy atom. The number of benzene rings is 2. The maximum Gasteiger partial charge on any atom is 0.313 e. The number of para-hydroxylation sites is 1. The molecule has 0 amide bonds. The molecular weight excluding hydrogens is 338 g/mol.